The van der Waals surface area contributed by atoms with Gasteiger partial charge in [-0.15, -0.1) is 0 Å². The van der Waals surface area contributed by atoms with E-state index in [0.29, 0.717) is 0 Å². The van der Waals surface area contributed by atoms with Crippen LogP contribution in [0.5, 0.6) is 0 Å². The molecule has 0 N–H and O–H groups in total. The van der Waals surface area contributed by atoms with E-state index in [-0.39, 0.29) is 0 Å². The Morgan fingerprint density at radius 1 is 1.00 bits per heavy atom. The summed E-state index contributed by atoms with van der Waals surface area (Å²) in [6, 6.07) is 0. The molecular formula is C10H20Br2. The lowest BCUT2D eigenvalue weighted by Gasteiger charge is -2.11. The van der Waals surface area contributed by atoms with Crippen LogP contribution >= 0.6 is 31.9 Å². The lowest BCUT2D eigenvalue weighted by molar-refractivity contribution is 0.490. The molecule has 0 amide bonds. The molecule has 0 aromatic carbocycles. The quantitative estimate of drug-likeness (QED) is 0.448. The molecule has 2 heteroatoms. The van der Waals surface area contributed by atoms with E-state index in [2.05, 4.69) is 38.8 Å². The van der Waals surface area contributed by atoms with E-state index in [1.54, 1.807) is 0 Å². The summed E-state index contributed by atoms with van der Waals surface area (Å²) in [5, 5.41) is 2.32. The Kier molecular flexibility index (Phi) is 10.8. The third-order valence-corrected chi connectivity index (χ3v) is 3.58. The fourth-order valence-electron chi connectivity index (χ4n) is 1.31. The van der Waals surface area contributed by atoms with Crippen LogP contribution in [-0.2, 0) is 0 Å². The van der Waals surface area contributed by atoms with Crippen LogP contribution in [0.1, 0.15) is 45.4 Å². The molecule has 0 saturated carbocycles. The number of hydrogen-bond acceptors (Lipinski definition) is 0. The lowest BCUT2D eigenvalue weighted by Crippen LogP contribution is -2.02. The van der Waals surface area contributed by atoms with Crippen molar-refractivity contribution in [3.05, 3.63) is 0 Å². The highest BCUT2D eigenvalue weighted by atomic mass is 79.9. The molecule has 0 aromatic heterocycles. The minimum atomic E-state index is 0.890. The Bertz CT molecular complexity index is 83.9. The van der Waals surface area contributed by atoms with Crippen molar-refractivity contribution in [1.29, 1.82) is 0 Å². The predicted octanol–water partition coefficient (Wildman–Crippen LogP) is 4.75. The Hall–Kier alpha value is 0.960. The van der Waals surface area contributed by atoms with Gasteiger partial charge in [0.2, 0.25) is 0 Å². The third kappa shape index (κ3) is 7.60. The molecule has 0 spiro atoms. The zero-order chi connectivity index (χ0) is 9.23. The highest BCUT2D eigenvalue weighted by Crippen LogP contribution is 2.17. The van der Waals surface area contributed by atoms with Crippen LogP contribution in [0.2, 0.25) is 0 Å². The number of unbranched alkanes of at least 4 members (excludes halogenated alkanes) is 3. The van der Waals surface area contributed by atoms with Gasteiger partial charge in [-0.25, -0.2) is 0 Å². The van der Waals surface area contributed by atoms with Crippen LogP contribution in [-0.4, -0.2) is 10.7 Å². The monoisotopic (exact) mass is 298 g/mol. The van der Waals surface area contributed by atoms with Gasteiger partial charge < -0.3 is 0 Å². The molecule has 0 aliphatic heterocycles. The van der Waals surface area contributed by atoms with Crippen molar-refractivity contribution < 1.29 is 0 Å². The first-order valence-corrected chi connectivity index (χ1v) is 7.21. The summed E-state index contributed by atoms with van der Waals surface area (Å²) in [4.78, 5) is 0. The van der Waals surface area contributed by atoms with Gasteiger partial charge in [0.1, 0.15) is 0 Å². The van der Waals surface area contributed by atoms with E-state index in [9.17, 15) is 0 Å². The van der Waals surface area contributed by atoms with Gasteiger partial charge in [0.15, 0.2) is 0 Å². The third-order valence-electron chi connectivity index (χ3n) is 2.20. The van der Waals surface area contributed by atoms with Crippen LogP contribution < -0.4 is 0 Å². The summed E-state index contributed by atoms with van der Waals surface area (Å²) in [6.45, 7) is 2.26. The Balaban J connectivity index is 3.19. The van der Waals surface area contributed by atoms with E-state index >= 15 is 0 Å². The Morgan fingerprint density at radius 3 is 2.25 bits per heavy atom. The topological polar surface area (TPSA) is 0 Å². The SMILES string of the molecule is CCCCCCC(CBr)CCBr. The average Bonchev–Trinajstić information content (AvgIpc) is 2.10. The van der Waals surface area contributed by atoms with Crippen molar-refractivity contribution in [2.75, 3.05) is 10.7 Å². The van der Waals surface area contributed by atoms with Gasteiger partial charge in [-0.3, -0.25) is 0 Å². The number of rotatable bonds is 8. The smallest absolute Gasteiger partial charge is 0.00599 e. The van der Waals surface area contributed by atoms with Crippen molar-refractivity contribution in [2.45, 2.75) is 45.4 Å². The first kappa shape index (κ1) is 13.0. The molecule has 0 rings (SSSR count). The molecule has 74 valence electrons. The Morgan fingerprint density at radius 2 is 1.75 bits per heavy atom. The van der Waals surface area contributed by atoms with Gasteiger partial charge >= 0.3 is 0 Å². The molecule has 0 aliphatic carbocycles. The first-order chi connectivity index (χ1) is 5.85. The molecule has 0 radical (unpaired) electrons. The molecule has 0 fully saturated rings. The second-order valence-electron chi connectivity index (χ2n) is 3.35. The van der Waals surface area contributed by atoms with Gasteiger partial charge in [0.25, 0.3) is 0 Å². The molecule has 0 aliphatic rings. The normalized spacial score (nSPS) is 13.2. The summed E-state index contributed by atoms with van der Waals surface area (Å²) in [7, 11) is 0. The molecule has 0 saturated heterocycles. The van der Waals surface area contributed by atoms with E-state index in [4.69, 9.17) is 0 Å². The number of alkyl halides is 2. The van der Waals surface area contributed by atoms with Crippen molar-refractivity contribution in [1.82, 2.24) is 0 Å². The summed E-state index contributed by atoms with van der Waals surface area (Å²) in [6.07, 6.45) is 8.30. The standard InChI is InChI=1S/C10H20Br2/c1-2-3-4-5-6-10(9-12)7-8-11/h10H,2-9H2,1H3. The molecule has 0 heterocycles. The van der Waals surface area contributed by atoms with Crippen LogP contribution in [0.4, 0.5) is 0 Å². The molecule has 1 unspecified atom stereocenters. The second kappa shape index (κ2) is 10.0. The van der Waals surface area contributed by atoms with Crippen molar-refractivity contribution in [3.8, 4) is 0 Å². The summed E-state index contributed by atoms with van der Waals surface area (Å²) in [5.41, 5.74) is 0. The molecule has 0 bridgehead atoms. The number of hydrogen-bond donors (Lipinski definition) is 0. The van der Waals surface area contributed by atoms with Crippen LogP contribution in [0.3, 0.4) is 0 Å². The largest absolute Gasteiger partial charge is 0.0928 e. The van der Waals surface area contributed by atoms with Crippen molar-refractivity contribution >= 4 is 31.9 Å². The van der Waals surface area contributed by atoms with E-state index in [1.165, 1.54) is 43.9 Å². The van der Waals surface area contributed by atoms with Gasteiger partial charge in [-0.05, 0) is 18.8 Å². The fourth-order valence-corrected chi connectivity index (χ4v) is 2.61. The fraction of sp³-hybridized carbons (Fsp3) is 1.00. The van der Waals surface area contributed by atoms with Gasteiger partial charge in [-0.2, -0.15) is 0 Å². The van der Waals surface area contributed by atoms with Crippen LogP contribution in [0, 0.1) is 5.92 Å². The zero-order valence-electron chi connectivity index (χ0n) is 7.99. The molecule has 12 heavy (non-hydrogen) atoms. The molecule has 0 aromatic rings. The highest BCUT2D eigenvalue weighted by Gasteiger charge is 2.04. The maximum atomic E-state index is 3.57. The van der Waals surface area contributed by atoms with Crippen LogP contribution in [0.15, 0.2) is 0 Å². The summed E-state index contributed by atoms with van der Waals surface area (Å²) < 4.78 is 0. The van der Waals surface area contributed by atoms with E-state index in [1.807, 2.05) is 0 Å². The average molecular weight is 300 g/mol. The van der Waals surface area contributed by atoms with Gasteiger partial charge in [0, 0.05) is 10.7 Å². The summed E-state index contributed by atoms with van der Waals surface area (Å²) >= 11 is 7.06. The van der Waals surface area contributed by atoms with Crippen molar-refractivity contribution in [3.63, 3.8) is 0 Å². The highest BCUT2D eigenvalue weighted by molar-refractivity contribution is 9.09. The second-order valence-corrected chi connectivity index (χ2v) is 4.79. The molecular weight excluding hydrogens is 280 g/mol. The Labute approximate surface area is 93.8 Å². The minimum Gasteiger partial charge on any atom is -0.0928 e. The van der Waals surface area contributed by atoms with E-state index < -0.39 is 0 Å². The summed E-state index contributed by atoms with van der Waals surface area (Å²) in [5.74, 6) is 0.890. The van der Waals surface area contributed by atoms with Gasteiger partial charge in [0.05, 0.1) is 0 Å². The lowest BCUT2D eigenvalue weighted by atomic mass is 10.0. The number of halogens is 2. The maximum Gasteiger partial charge on any atom is 0.00599 e. The van der Waals surface area contributed by atoms with Crippen molar-refractivity contribution in [2.24, 2.45) is 5.92 Å². The predicted molar refractivity (Wildman–Crippen MR) is 64.5 cm³/mol. The molecule has 0 nitrogen and oxygen atoms in total. The maximum absolute atomic E-state index is 3.57. The zero-order valence-corrected chi connectivity index (χ0v) is 11.2. The molecule has 1 atom stereocenters. The van der Waals surface area contributed by atoms with Gasteiger partial charge in [-0.1, -0.05) is 64.5 Å². The van der Waals surface area contributed by atoms with Crippen LogP contribution in [0.25, 0.3) is 0 Å². The van der Waals surface area contributed by atoms with E-state index in [0.717, 1.165) is 11.2 Å². The first-order valence-electron chi connectivity index (χ1n) is 4.97. The minimum absolute atomic E-state index is 0.890.